The molecule has 3 rings (SSSR count). The topological polar surface area (TPSA) is 109 Å². The summed E-state index contributed by atoms with van der Waals surface area (Å²) in [4.78, 5) is 36.9. The first kappa shape index (κ1) is 25.4. The van der Waals surface area contributed by atoms with Crippen molar-refractivity contribution < 1.29 is 19.1 Å². The Labute approximate surface area is 209 Å². The summed E-state index contributed by atoms with van der Waals surface area (Å²) in [7, 11) is 0. The Morgan fingerprint density at radius 3 is 2.26 bits per heavy atom. The van der Waals surface area contributed by atoms with E-state index in [1.54, 1.807) is 36.4 Å². The number of hydrazine groups is 1. The van der Waals surface area contributed by atoms with Gasteiger partial charge in [-0.3, -0.25) is 30.6 Å². The van der Waals surface area contributed by atoms with Crippen LogP contribution in [-0.4, -0.2) is 29.4 Å². The first-order chi connectivity index (χ1) is 16.7. The van der Waals surface area contributed by atoms with E-state index in [2.05, 4.69) is 21.5 Å². The average Bonchev–Trinajstić information content (AvgIpc) is 2.83. The van der Waals surface area contributed by atoms with E-state index < -0.39 is 11.8 Å². The van der Waals surface area contributed by atoms with Gasteiger partial charge in [-0.15, -0.1) is 0 Å². The predicted molar refractivity (Wildman–Crippen MR) is 138 cm³/mol. The molecule has 0 atom stereocenters. The number of nitrogens with one attached hydrogen (secondary N) is 4. The highest BCUT2D eigenvalue weighted by Gasteiger charge is 2.11. The second-order valence-electron chi connectivity index (χ2n) is 7.86. The van der Waals surface area contributed by atoms with Gasteiger partial charge in [-0.1, -0.05) is 30.3 Å². The van der Waals surface area contributed by atoms with Gasteiger partial charge >= 0.3 is 0 Å². The molecule has 35 heavy (non-hydrogen) atoms. The molecule has 0 bridgehead atoms. The second-order valence-corrected chi connectivity index (χ2v) is 8.27. The maximum atomic E-state index is 12.4. The number of aryl methyl sites for hydroxylation is 3. The first-order valence-electron chi connectivity index (χ1n) is 10.8. The third-order valence-corrected chi connectivity index (χ3v) is 5.24. The Bertz CT molecular complexity index is 1260. The van der Waals surface area contributed by atoms with Gasteiger partial charge in [0.25, 0.3) is 17.7 Å². The third kappa shape index (κ3) is 7.38. The second kappa shape index (κ2) is 11.8. The molecule has 0 heterocycles. The molecule has 0 aliphatic heterocycles. The fourth-order valence-electron chi connectivity index (χ4n) is 3.12. The van der Waals surface area contributed by atoms with Crippen molar-refractivity contribution >= 4 is 40.7 Å². The summed E-state index contributed by atoms with van der Waals surface area (Å²) < 4.78 is 5.53. The lowest BCUT2D eigenvalue weighted by atomic mass is 10.1. The Balaban J connectivity index is 1.44. The van der Waals surface area contributed by atoms with Crippen molar-refractivity contribution in [1.29, 1.82) is 0 Å². The fraction of sp³-hybridized carbons (Fsp3) is 0.154. The molecular formula is C26H26N4O4S. The van der Waals surface area contributed by atoms with Gasteiger partial charge in [0.2, 0.25) is 0 Å². The molecule has 0 saturated carbocycles. The van der Waals surface area contributed by atoms with E-state index >= 15 is 0 Å². The van der Waals surface area contributed by atoms with Gasteiger partial charge in [0.05, 0.1) is 0 Å². The quantitative estimate of drug-likeness (QED) is 0.311. The van der Waals surface area contributed by atoms with Gasteiger partial charge < -0.3 is 10.1 Å². The van der Waals surface area contributed by atoms with Crippen molar-refractivity contribution in [3.63, 3.8) is 0 Å². The van der Waals surface area contributed by atoms with Crippen molar-refractivity contribution in [2.75, 3.05) is 11.9 Å². The van der Waals surface area contributed by atoms with Crippen LogP contribution in [-0.2, 0) is 4.79 Å². The minimum atomic E-state index is -0.468. The zero-order valence-electron chi connectivity index (χ0n) is 19.6. The standard InChI is InChI=1S/C26H26N4O4S/c1-16-8-9-18(3)22(14-16)34-15-23(31)28-26(35)30-29-24(32)19-10-12-20(13-11-19)27-25(33)21-7-5-4-6-17(21)2/h4-14H,15H2,1-3H3,(H,27,33)(H,29,32)(H2,28,30,31,35). The number of amides is 3. The van der Waals surface area contributed by atoms with E-state index in [0.29, 0.717) is 22.6 Å². The normalized spacial score (nSPS) is 10.1. The van der Waals surface area contributed by atoms with Crippen LogP contribution in [0.25, 0.3) is 0 Å². The van der Waals surface area contributed by atoms with Crippen molar-refractivity contribution in [2.45, 2.75) is 20.8 Å². The fourth-order valence-corrected chi connectivity index (χ4v) is 3.28. The van der Waals surface area contributed by atoms with E-state index in [4.69, 9.17) is 17.0 Å². The summed E-state index contributed by atoms with van der Waals surface area (Å²) >= 11 is 5.04. The van der Waals surface area contributed by atoms with Crippen LogP contribution < -0.4 is 26.2 Å². The number of hydrogen-bond acceptors (Lipinski definition) is 5. The molecule has 3 amide bonds. The summed E-state index contributed by atoms with van der Waals surface area (Å²) in [6, 6.07) is 19.3. The third-order valence-electron chi connectivity index (χ3n) is 5.04. The van der Waals surface area contributed by atoms with Gasteiger partial charge in [-0.25, -0.2) is 0 Å². The predicted octanol–water partition coefficient (Wildman–Crippen LogP) is 3.58. The van der Waals surface area contributed by atoms with Crippen molar-refractivity contribution in [3.05, 3.63) is 94.5 Å². The Kier molecular flexibility index (Phi) is 8.53. The van der Waals surface area contributed by atoms with Crippen LogP contribution in [0.15, 0.2) is 66.7 Å². The summed E-state index contributed by atoms with van der Waals surface area (Å²) in [5.74, 6) is -0.549. The molecule has 0 radical (unpaired) electrons. The zero-order valence-corrected chi connectivity index (χ0v) is 20.4. The van der Waals surface area contributed by atoms with Crippen LogP contribution in [0, 0.1) is 20.8 Å². The number of ether oxygens (including phenoxy) is 1. The zero-order chi connectivity index (χ0) is 25.4. The molecule has 3 aromatic rings. The van der Waals surface area contributed by atoms with Crippen molar-refractivity contribution in [1.82, 2.24) is 16.2 Å². The molecule has 0 spiro atoms. The molecule has 0 aliphatic rings. The smallest absolute Gasteiger partial charge is 0.269 e. The molecule has 0 saturated heterocycles. The van der Waals surface area contributed by atoms with Crippen LogP contribution in [0.2, 0.25) is 0 Å². The van der Waals surface area contributed by atoms with Gasteiger partial charge in [0, 0.05) is 16.8 Å². The lowest BCUT2D eigenvalue weighted by Crippen LogP contribution is -2.49. The highest BCUT2D eigenvalue weighted by atomic mass is 32.1. The van der Waals surface area contributed by atoms with Gasteiger partial charge in [-0.05, 0) is 86.1 Å². The molecule has 180 valence electrons. The number of benzene rings is 3. The molecule has 0 aliphatic carbocycles. The van der Waals surface area contributed by atoms with Gasteiger partial charge in [-0.2, -0.15) is 0 Å². The molecule has 8 nitrogen and oxygen atoms in total. The van der Waals surface area contributed by atoms with Crippen LogP contribution in [0.5, 0.6) is 5.75 Å². The van der Waals surface area contributed by atoms with Gasteiger partial charge in [0.15, 0.2) is 11.7 Å². The van der Waals surface area contributed by atoms with E-state index in [-0.39, 0.29) is 17.6 Å². The Morgan fingerprint density at radius 1 is 0.829 bits per heavy atom. The number of anilines is 1. The maximum Gasteiger partial charge on any atom is 0.269 e. The van der Waals surface area contributed by atoms with E-state index in [9.17, 15) is 14.4 Å². The number of rotatable bonds is 6. The molecule has 0 fully saturated rings. The molecular weight excluding hydrogens is 464 g/mol. The maximum absolute atomic E-state index is 12.4. The summed E-state index contributed by atoms with van der Waals surface area (Å²) in [6.45, 7) is 5.46. The summed E-state index contributed by atoms with van der Waals surface area (Å²) in [5.41, 5.74) is 9.16. The summed E-state index contributed by atoms with van der Waals surface area (Å²) in [6.07, 6.45) is 0. The highest BCUT2D eigenvalue weighted by molar-refractivity contribution is 7.80. The van der Waals surface area contributed by atoms with E-state index in [1.165, 1.54) is 0 Å². The average molecular weight is 491 g/mol. The molecule has 4 N–H and O–H groups in total. The number of hydrogen-bond donors (Lipinski definition) is 4. The number of carbonyl (C=O) groups is 3. The van der Waals surface area contributed by atoms with Crippen LogP contribution >= 0.6 is 12.2 Å². The molecule has 3 aromatic carbocycles. The minimum Gasteiger partial charge on any atom is -0.483 e. The Morgan fingerprint density at radius 2 is 1.54 bits per heavy atom. The lowest BCUT2D eigenvalue weighted by Gasteiger charge is -2.13. The summed E-state index contributed by atoms with van der Waals surface area (Å²) in [5, 5.41) is 5.16. The minimum absolute atomic E-state index is 0.0740. The molecule has 0 unspecified atom stereocenters. The molecule has 9 heteroatoms. The number of thiocarbonyl (C=S) groups is 1. The van der Waals surface area contributed by atoms with Crippen LogP contribution in [0.4, 0.5) is 5.69 Å². The largest absolute Gasteiger partial charge is 0.483 e. The van der Waals surface area contributed by atoms with Crippen LogP contribution in [0.3, 0.4) is 0 Å². The highest BCUT2D eigenvalue weighted by Crippen LogP contribution is 2.18. The van der Waals surface area contributed by atoms with Crippen LogP contribution in [0.1, 0.15) is 37.4 Å². The lowest BCUT2D eigenvalue weighted by molar-refractivity contribution is -0.121. The van der Waals surface area contributed by atoms with E-state index in [0.717, 1.165) is 16.7 Å². The van der Waals surface area contributed by atoms with Crippen molar-refractivity contribution in [2.24, 2.45) is 0 Å². The monoisotopic (exact) mass is 490 g/mol. The SMILES string of the molecule is Cc1ccc(C)c(OCC(=O)NC(=S)NNC(=O)c2ccc(NC(=O)c3ccccc3C)cc2)c1. The number of carbonyl (C=O) groups excluding carboxylic acids is 3. The van der Waals surface area contributed by atoms with Crippen molar-refractivity contribution in [3.8, 4) is 5.75 Å². The first-order valence-corrected chi connectivity index (χ1v) is 11.2. The van der Waals surface area contributed by atoms with Gasteiger partial charge in [0.1, 0.15) is 5.75 Å². The Hall–Kier alpha value is -4.24. The molecule has 0 aromatic heterocycles. The van der Waals surface area contributed by atoms with E-state index in [1.807, 2.05) is 51.1 Å².